The van der Waals surface area contributed by atoms with Crippen LogP contribution in [0.4, 0.5) is 4.79 Å². The van der Waals surface area contributed by atoms with Crippen LogP contribution >= 0.6 is 0 Å². The molecule has 172 valence electrons. The zero-order chi connectivity index (χ0) is 23.7. The first-order chi connectivity index (χ1) is 15.2. The minimum absolute atomic E-state index is 0.216. The fraction of sp³-hybridized carbons (Fsp3) is 0.318. The lowest BCUT2D eigenvalue weighted by Gasteiger charge is -2.28. The van der Waals surface area contributed by atoms with Crippen LogP contribution in [-0.4, -0.2) is 51.0 Å². The average Bonchev–Trinajstić information content (AvgIpc) is 2.80. The molecular weight excluding hydrogens is 438 g/mol. The molecule has 0 aromatic heterocycles. The standard InChI is InChI=1S/C22H25NO8S/c1-16-9-11-18(12-10-16)32(27,28)23(19(21(25)30-3)13-14-20(24)29-2)22(26)31-15-17-7-5-4-6-8-17/h4-12,19H,13-15H2,1-3H3/t19-/m0/s1. The highest BCUT2D eigenvalue weighted by atomic mass is 32.2. The lowest BCUT2D eigenvalue weighted by molar-refractivity contribution is -0.146. The lowest BCUT2D eigenvalue weighted by atomic mass is 10.1. The highest BCUT2D eigenvalue weighted by molar-refractivity contribution is 7.89. The molecule has 10 heteroatoms. The van der Waals surface area contributed by atoms with E-state index >= 15 is 0 Å². The summed E-state index contributed by atoms with van der Waals surface area (Å²) >= 11 is 0. The SMILES string of the molecule is COC(=O)CC[C@@H](C(=O)OC)N(C(=O)OCc1ccccc1)S(=O)(=O)c1ccc(C)cc1. The first-order valence-corrected chi connectivity index (χ1v) is 11.1. The van der Waals surface area contributed by atoms with Crippen LogP contribution in [0.2, 0.25) is 0 Å². The largest absolute Gasteiger partial charge is 0.469 e. The number of methoxy groups -OCH3 is 2. The van der Waals surface area contributed by atoms with Crippen molar-refractivity contribution >= 4 is 28.1 Å². The van der Waals surface area contributed by atoms with E-state index in [2.05, 4.69) is 4.74 Å². The van der Waals surface area contributed by atoms with Crippen molar-refractivity contribution in [1.29, 1.82) is 0 Å². The Labute approximate surface area is 186 Å². The Balaban J connectivity index is 2.44. The second kappa shape index (κ2) is 11.3. The Morgan fingerprint density at radius 3 is 2.12 bits per heavy atom. The van der Waals surface area contributed by atoms with Crippen LogP contribution in [0.5, 0.6) is 0 Å². The van der Waals surface area contributed by atoms with Gasteiger partial charge in [0.1, 0.15) is 12.6 Å². The molecule has 0 fully saturated rings. The number of carbonyl (C=O) groups excluding carboxylic acids is 3. The second-order valence-corrected chi connectivity index (χ2v) is 8.62. The number of amides is 1. The Morgan fingerprint density at radius 2 is 1.56 bits per heavy atom. The van der Waals surface area contributed by atoms with Gasteiger partial charge < -0.3 is 14.2 Å². The van der Waals surface area contributed by atoms with Crippen LogP contribution in [-0.2, 0) is 40.4 Å². The molecule has 9 nitrogen and oxygen atoms in total. The van der Waals surface area contributed by atoms with Gasteiger partial charge in [-0.05, 0) is 31.0 Å². The Bertz CT molecular complexity index is 1040. The van der Waals surface area contributed by atoms with Gasteiger partial charge in [-0.25, -0.2) is 18.0 Å². The number of aryl methyl sites for hydroxylation is 1. The molecule has 0 aliphatic rings. The Hall–Kier alpha value is -3.40. The summed E-state index contributed by atoms with van der Waals surface area (Å²) in [7, 11) is -2.31. The Morgan fingerprint density at radius 1 is 0.938 bits per heavy atom. The lowest BCUT2D eigenvalue weighted by Crippen LogP contribution is -2.49. The number of hydrogen-bond donors (Lipinski definition) is 0. The molecular formula is C22H25NO8S. The summed E-state index contributed by atoms with van der Waals surface area (Å²) in [4.78, 5) is 36.9. The normalized spacial score (nSPS) is 11.8. The van der Waals surface area contributed by atoms with E-state index in [0.717, 1.165) is 19.8 Å². The molecule has 1 amide bonds. The van der Waals surface area contributed by atoms with E-state index < -0.39 is 34.1 Å². The topological polar surface area (TPSA) is 116 Å². The van der Waals surface area contributed by atoms with E-state index in [1.54, 1.807) is 49.4 Å². The van der Waals surface area contributed by atoms with Gasteiger partial charge in [0.15, 0.2) is 0 Å². The zero-order valence-corrected chi connectivity index (χ0v) is 18.8. The maximum absolute atomic E-state index is 13.4. The summed E-state index contributed by atoms with van der Waals surface area (Å²) in [5, 5.41) is 0. The average molecular weight is 464 g/mol. The van der Waals surface area contributed by atoms with Crippen molar-refractivity contribution in [1.82, 2.24) is 4.31 Å². The number of esters is 2. The Kier molecular flexibility index (Phi) is 8.77. The van der Waals surface area contributed by atoms with Gasteiger partial charge in [-0.2, -0.15) is 4.31 Å². The molecule has 0 radical (unpaired) electrons. The van der Waals surface area contributed by atoms with E-state index in [1.165, 1.54) is 12.1 Å². The van der Waals surface area contributed by atoms with Gasteiger partial charge >= 0.3 is 18.0 Å². The molecule has 0 heterocycles. The molecule has 2 aromatic carbocycles. The van der Waals surface area contributed by atoms with Crippen molar-refractivity contribution in [2.75, 3.05) is 14.2 Å². The van der Waals surface area contributed by atoms with Gasteiger partial charge in [0, 0.05) is 6.42 Å². The zero-order valence-electron chi connectivity index (χ0n) is 18.0. The minimum Gasteiger partial charge on any atom is -0.469 e. The van der Waals surface area contributed by atoms with E-state index in [-0.39, 0.29) is 24.3 Å². The predicted octanol–water partition coefficient (Wildman–Crippen LogP) is 2.82. The molecule has 0 unspecified atom stereocenters. The van der Waals surface area contributed by atoms with E-state index in [4.69, 9.17) is 9.47 Å². The molecule has 0 aliphatic carbocycles. The predicted molar refractivity (Wildman–Crippen MR) is 114 cm³/mol. The number of carbonyl (C=O) groups is 3. The quantitative estimate of drug-likeness (QED) is 0.412. The van der Waals surface area contributed by atoms with Crippen LogP contribution in [0.3, 0.4) is 0 Å². The van der Waals surface area contributed by atoms with E-state index in [0.29, 0.717) is 9.87 Å². The molecule has 2 rings (SSSR count). The van der Waals surface area contributed by atoms with Crippen molar-refractivity contribution in [2.45, 2.75) is 37.3 Å². The fourth-order valence-electron chi connectivity index (χ4n) is 2.82. The number of sulfonamides is 1. The minimum atomic E-state index is -4.52. The molecule has 32 heavy (non-hydrogen) atoms. The highest BCUT2D eigenvalue weighted by Crippen LogP contribution is 2.24. The van der Waals surface area contributed by atoms with Gasteiger partial charge in [-0.15, -0.1) is 0 Å². The molecule has 2 aromatic rings. The third-order valence-electron chi connectivity index (χ3n) is 4.57. The third kappa shape index (κ3) is 6.30. The number of rotatable bonds is 9. The van der Waals surface area contributed by atoms with E-state index in [9.17, 15) is 22.8 Å². The maximum Gasteiger partial charge on any atom is 0.425 e. The van der Waals surface area contributed by atoms with Crippen LogP contribution in [0, 0.1) is 6.92 Å². The first-order valence-electron chi connectivity index (χ1n) is 9.67. The first kappa shape index (κ1) is 24.9. The van der Waals surface area contributed by atoms with Gasteiger partial charge in [0.2, 0.25) is 0 Å². The maximum atomic E-state index is 13.4. The second-order valence-electron chi connectivity index (χ2n) is 6.81. The highest BCUT2D eigenvalue weighted by Gasteiger charge is 2.41. The summed E-state index contributed by atoms with van der Waals surface area (Å²) in [5.74, 6) is -1.69. The summed E-state index contributed by atoms with van der Waals surface area (Å²) in [6.07, 6.45) is -1.93. The van der Waals surface area contributed by atoms with E-state index in [1.807, 2.05) is 0 Å². The van der Waals surface area contributed by atoms with Gasteiger partial charge in [-0.1, -0.05) is 48.0 Å². The number of nitrogens with zero attached hydrogens (tertiary/aromatic N) is 1. The summed E-state index contributed by atoms with van der Waals surface area (Å²) in [5.41, 5.74) is 1.43. The van der Waals surface area contributed by atoms with Gasteiger partial charge in [0.05, 0.1) is 19.1 Å². The van der Waals surface area contributed by atoms with Crippen molar-refractivity contribution in [3.63, 3.8) is 0 Å². The van der Waals surface area contributed by atoms with Crippen LogP contribution in [0.15, 0.2) is 59.5 Å². The van der Waals surface area contributed by atoms with Gasteiger partial charge in [0.25, 0.3) is 10.0 Å². The van der Waals surface area contributed by atoms with Crippen LogP contribution in [0.25, 0.3) is 0 Å². The summed E-state index contributed by atoms with van der Waals surface area (Å²) in [6, 6.07) is 12.8. The third-order valence-corrected chi connectivity index (χ3v) is 6.36. The monoisotopic (exact) mass is 463 g/mol. The molecule has 0 N–H and O–H groups in total. The summed E-state index contributed by atoms with van der Waals surface area (Å²) in [6.45, 7) is 1.56. The number of ether oxygens (including phenoxy) is 3. The molecule has 0 aliphatic heterocycles. The van der Waals surface area contributed by atoms with Crippen LogP contribution < -0.4 is 0 Å². The summed E-state index contributed by atoms with van der Waals surface area (Å²) < 4.78 is 41.6. The molecule has 0 spiro atoms. The van der Waals surface area contributed by atoms with Crippen molar-refractivity contribution in [3.05, 3.63) is 65.7 Å². The molecule has 1 atom stereocenters. The van der Waals surface area contributed by atoms with Crippen LogP contribution in [0.1, 0.15) is 24.0 Å². The van der Waals surface area contributed by atoms with Crippen molar-refractivity contribution in [2.24, 2.45) is 0 Å². The molecule has 0 saturated carbocycles. The van der Waals surface area contributed by atoms with Gasteiger partial charge in [-0.3, -0.25) is 4.79 Å². The molecule has 0 saturated heterocycles. The smallest absolute Gasteiger partial charge is 0.425 e. The molecule has 0 bridgehead atoms. The van der Waals surface area contributed by atoms with Crippen molar-refractivity contribution in [3.8, 4) is 0 Å². The number of benzene rings is 2. The number of hydrogen-bond acceptors (Lipinski definition) is 8. The fourth-order valence-corrected chi connectivity index (χ4v) is 4.31. The van der Waals surface area contributed by atoms with Crippen molar-refractivity contribution < 1.29 is 37.0 Å².